The Labute approximate surface area is 117 Å². The van der Waals surface area contributed by atoms with Crippen molar-refractivity contribution in [2.45, 2.75) is 20.0 Å². The molecule has 0 saturated carbocycles. The molecule has 0 saturated heterocycles. The summed E-state index contributed by atoms with van der Waals surface area (Å²) < 4.78 is 10.1. The predicted molar refractivity (Wildman–Crippen MR) is 73.6 cm³/mol. The lowest BCUT2D eigenvalue weighted by molar-refractivity contribution is 0.0601. The van der Waals surface area contributed by atoms with Crippen LogP contribution >= 0.6 is 24.0 Å². The lowest BCUT2D eigenvalue weighted by atomic mass is 10.2. The van der Waals surface area contributed by atoms with Crippen LogP contribution in [0.1, 0.15) is 24.2 Å². The lowest BCUT2D eigenvalue weighted by Crippen LogP contribution is -2.13. The van der Waals surface area contributed by atoms with Crippen molar-refractivity contribution in [3.63, 3.8) is 0 Å². The topological polar surface area (TPSA) is 73.6 Å². The summed E-state index contributed by atoms with van der Waals surface area (Å²) in [6, 6.07) is 3.02. The molecule has 0 aliphatic rings. The van der Waals surface area contributed by atoms with E-state index in [0.717, 1.165) is 0 Å². The van der Waals surface area contributed by atoms with Crippen LogP contribution in [0.5, 0.6) is 5.75 Å². The van der Waals surface area contributed by atoms with Crippen LogP contribution in [0, 0.1) is 0 Å². The Morgan fingerprint density at radius 3 is 2.50 bits per heavy atom. The molecule has 0 atom stereocenters. The van der Waals surface area contributed by atoms with Crippen molar-refractivity contribution >= 4 is 35.7 Å². The average molecular weight is 295 g/mol. The van der Waals surface area contributed by atoms with E-state index in [1.165, 1.54) is 19.2 Å². The first kappa shape index (κ1) is 16.8. The van der Waals surface area contributed by atoms with E-state index in [4.69, 9.17) is 22.2 Å². The maximum Gasteiger partial charge on any atom is 0.339 e. The fourth-order valence-electron chi connectivity index (χ4n) is 1.29. The number of ether oxygens (including phenoxy) is 2. The Hall–Kier alpha value is -1.17. The van der Waals surface area contributed by atoms with Gasteiger partial charge in [-0.25, -0.2) is 4.79 Å². The van der Waals surface area contributed by atoms with Crippen LogP contribution in [0.25, 0.3) is 0 Å². The molecule has 1 rings (SSSR count). The maximum atomic E-state index is 11.4. The van der Waals surface area contributed by atoms with Gasteiger partial charge >= 0.3 is 5.97 Å². The van der Waals surface area contributed by atoms with Crippen molar-refractivity contribution in [2.75, 3.05) is 12.5 Å². The number of nitrogens with two attached hydrogens (primary N) is 1. The van der Waals surface area contributed by atoms with Gasteiger partial charge in [0.1, 0.15) is 5.75 Å². The average Bonchev–Trinajstić information content (AvgIpc) is 2.27. The van der Waals surface area contributed by atoms with Crippen molar-refractivity contribution in [1.82, 2.24) is 0 Å². The Morgan fingerprint density at radius 2 is 2.06 bits per heavy atom. The predicted octanol–water partition coefficient (Wildman–Crippen LogP) is 2.62. The molecule has 0 bridgehead atoms. The van der Waals surface area contributed by atoms with E-state index < -0.39 is 5.97 Å². The van der Waals surface area contributed by atoms with Crippen LogP contribution in [0.3, 0.4) is 0 Å². The number of anilines is 1. The zero-order chi connectivity index (χ0) is 13.0. The van der Waals surface area contributed by atoms with E-state index in [-0.39, 0.29) is 29.1 Å². The van der Waals surface area contributed by atoms with Gasteiger partial charge in [0.2, 0.25) is 0 Å². The Kier molecular flexibility index (Phi) is 6.83. The van der Waals surface area contributed by atoms with Crippen LogP contribution < -0.4 is 16.0 Å². The van der Waals surface area contributed by atoms with Gasteiger partial charge in [-0.15, -0.1) is 12.4 Å². The van der Waals surface area contributed by atoms with E-state index in [1.807, 2.05) is 13.8 Å². The molecule has 0 heterocycles. The fourth-order valence-corrected chi connectivity index (χ4v) is 1.52. The molecule has 0 radical (unpaired) electrons. The molecule has 0 fully saturated rings. The number of methoxy groups -OCH3 is 1. The van der Waals surface area contributed by atoms with Crippen molar-refractivity contribution in [1.29, 1.82) is 0 Å². The number of halogens is 2. The van der Waals surface area contributed by atoms with Gasteiger partial charge in [0, 0.05) is 6.07 Å². The fraction of sp³-hybridized carbons (Fsp3) is 0.364. The summed E-state index contributed by atoms with van der Waals surface area (Å²) in [5.74, 6) is 5.32. The first-order valence-corrected chi connectivity index (χ1v) is 5.42. The maximum absolute atomic E-state index is 11.4. The summed E-state index contributed by atoms with van der Waals surface area (Å²) in [6.45, 7) is 3.75. The number of hydrogen-bond donors (Lipinski definition) is 2. The van der Waals surface area contributed by atoms with Crippen LogP contribution in [0.4, 0.5) is 5.69 Å². The third-order valence-electron chi connectivity index (χ3n) is 1.99. The van der Waals surface area contributed by atoms with E-state index in [2.05, 4.69) is 10.2 Å². The molecule has 3 N–H and O–H groups in total. The van der Waals surface area contributed by atoms with Gasteiger partial charge in [0.25, 0.3) is 0 Å². The number of benzene rings is 1. The molecule has 102 valence electrons. The zero-order valence-electron chi connectivity index (χ0n) is 10.3. The summed E-state index contributed by atoms with van der Waals surface area (Å²) >= 11 is 5.97. The van der Waals surface area contributed by atoms with Crippen LogP contribution in [0.15, 0.2) is 12.1 Å². The lowest BCUT2D eigenvalue weighted by Gasteiger charge is -2.15. The van der Waals surface area contributed by atoms with Crippen LogP contribution in [-0.4, -0.2) is 19.2 Å². The highest BCUT2D eigenvalue weighted by Gasteiger charge is 2.16. The van der Waals surface area contributed by atoms with Crippen molar-refractivity contribution in [3.8, 4) is 5.75 Å². The highest BCUT2D eigenvalue weighted by atomic mass is 35.5. The van der Waals surface area contributed by atoms with Gasteiger partial charge in [-0.3, -0.25) is 5.84 Å². The molecule has 0 aromatic heterocycles. The first-order chi connectivity index (χ1) is 7.99. The number of carbonyl (C=O) groups excluding carboxylic acids is 1. The number of hydrazine groups is 1. The third kappa shape index (κ3) is 3.94. The summed E-state index contributed by atoms with van der Waals surface area (Å²) in [7, 11) is 1.28. The third-order valence-corrected chi connectivity index (χ3v) is 2.31. The van der Waals surface area contributed by atoms with Crippen molar-refractivity contribution < 1.29 is 14.3 Å². The number of esters is 1. The van der Waals surface area contributed by atoms with Crippen molar-refractivity contribution in [3.05, 3.63) is 22.7 Å². The Morgan fingerprint density at radius 1 is 1.44 bits per heavy atom. The van der Waals surface area contributed by atoms with E-state index in [0.29, 0.717) is 11.4 Å². The molecular formula is C11H16Cl2N2O3. The van der Waals surface area contributed by atoms with Gasteiger partial charge in [-0.1, -0.05) is 11.6 Å². The largest absolute Gasteiger partial charge is 0.489 e. The van der Waals surface area contributed by atoms with Crippen LogP contribution in [-0.2, 0) is 4.74 Å². The summed E-state index contributed by atoms with van der Waals surface area (Å²) in [5.41, 5.74) is 3.17. The van der Waals surface area contributed by atoms with Crippen LogP contribution in [0.2, 0.25) is 5.02 Å². The molecule has 0 aliphatic carbocycles. The second kappa shape index (κ2) is 7.31. The number of nitrogen functional groups attached to an aromatic ring is 1. The number of hydrogen-bond acceptors (Lipinski definition) is 5. The van der Waals surface area contributed by atoms with Gasteiger partial charge in [-0.05, 0) is 19.9 Å². The summed E-state index contributed by atoms with van der Waals surface area (Å²) in [6.07, 6.45) is -0.0258. The second-order valence-corrected chi connectivity index (χ2v) is 4.04. The summed E-state index contributed by atoms with van der Waals surface area (Å²) in [5, 5.41) is 0.256. The molecule has 0 spiro atoms. The van der Waals surface area contributed by atoms with Gasteiger partial charge < -0.3 is 14.9 Å². The molecular weight excluding hydrogens is 279 g/mol. The van der Waals surface area contributed by atoms with Gasteiger partial charge in [0.05, 0.1) is 29.5 Å². The molecule has 18 heavy (non-hydrogen) atoms. The molecule has 5 nitrogen and oxygen atoms in total. The van der Waals surface area contributed by atoms with Gasteiger partial charge in [-0.2, -0.15) is 0 Å². The van der Waals surface area contributed by atoms with E-state index in [1.54, 1.807) is 0 Å². The van der Waals surface area contributed by atoms with Gasteiger partial charge in [0.15, 0.2) is 0 Å². The summed E-state index contributed by atoms with van der Waals surface area (Å²) in [4.78, 5) is 11.4. The Bertz CT molecular complexity index is 425. The van der Waals surface area contributed by atoms with Crippen molar-refractivity contribution in [2.24, 2.45) is 5.84 Å². The first-order valence-electron chi connectivity index (χ1n) is 5.04. The number of rotatable bonds is 4. The molecule has 0 unspecified atom stereocenters. The smallest absolute Gasteiger partial charge is 0.339 e. The molecule has 1 aromatic carbocycles. The minimum Gasteiger partial charge on any atom is -0.489 e. The Balaban J connectivity index is 0.00000289. The minimum atomic E-state index is -0.525. The monoisotopic (exact) mass is 294 g/mol. The highest BCUT2D eigenvalue weighted by Crippen LogP contribution is 2.32. The number of nitrogens with one attached hydrogen (secondary N) is 1. The molecule has 1 aromatic rings. The van der Waals surface area contributed by atoms with E-state index >= 15 is 0 Å². The minimum absolute atomic E-state index is 0. The normalized spacial score (nSPS) is 9.67. The second-order valence-electron chi connectivity index (χ2n) is 3.63. The zero-order valence-corrected chi connectivity index (χ0v) is 11.9. The molecule has 7 heteroatoms. The standard InChI is InChI=1S/C11H15ClN2O3.ClH/c1-6(2)17-10-5-8(12)7(11(15)16-3)4-9(10)14-13;/h4-6,14H,13H2,1-3H3;1H. The SMILES string of the molecule is COC(=O)c1cc(NN)c(OC(C)C)cc1Cl.Cl. The highest BCUT2D eigenvalue weighted by molar-refractivity contribution is 6.34. The quantitative estimate of drug-likeness (QED) is 0.507. The number of carbonyl (C=O) groups is 1. The van der Waals surface area contributed by atoms with E-state index in [9.17, 15) is 4.79 Å². The molecule has 0 amide bonds. The molecule has 0 aliphatic heterocycles.